The lowest BCUT2D eigenvalue weighted by Crippen LogP contribution is -2.34. The van der Waals surface area contributed by atoms with Gasteiger partial charge in [-0.05, 0) is 37.1 Å². The molecule has 2 aromatic carbocycles. The van der Waals surface area contributed by atoms with Gasteiger partial charge in [-0.25, -0.2) is 0 Å². The van der Waals surface area contributed by atoms with Gasteiger partial charge in [-0.1, -0.05) is 24.3 Å². The largest absolute Gasteiger partial charge is 0.489 e. The Labute approximate surface area is 161 Å². The van der Waals surface area contributed by atoms with Crippen molar-refractivity contribution in [1.29, 1.82) is 0 Å². The van der Waals surface area contributed by atoms with Crippen molar-refractivity contribution in [2.24, 2.45) is 0 Å². The zero-order valence-electron chi connectivity index (χ0n) is 16.4. The van der Waals surface area contributed by atoms with Gasteiger partial charge in [-0.3, -0.25) is 0 Å². The van der Waals surface area contributed by atoms with E-state index in [1.807, 2.05) is 25.2 Å². The maximum Gasteiger partial charge on any atom is 0.144 e. The van der Waals surface area contributed by atoms with Crippen LogP contribution in [-0.2, 0) is 0 Å². The molecule has 4 N–H and O–H groups in total. The van der Waals surface area contributed by atoms with Gasteiger partial charge in [0.15, 0.2) is 0 Å². The van der Waals surface area contributed by atoms with Gasteiger partial charge >= 0.3 is 0 Å². The first-order valence-electron chi connectivity index (χ1n) is 9.46. The Morgan fingerprint density at radius 3 is 2.67 bits per heavy atom. The van der Waals surface area contributed by atoms with E-state index in [9.17, 15) is 5.11 Å². The first-order chi connectivity index (χ1) is 13.1. The number of benzene rings is 2. The standard InChI is InChI=1S/C21H30N4O2/c1-15-6-4-7-16(2)20(15)23-11-10-22-12-17(26)13-27-19-9-5-8-18-21(19)25(3)14-24-18/h4-9,17,22-24,26H,10-14H2,1-3H3. The van der Waals surface area contributed by atoms with E-state index in [0.717, 1.165) is 36.9 Å². The highest BCUT2D eigenvalue weighted by molar-refractivity contribution is 5.80. The molecule has 2 aromatic rings. The smallest absolute Gasteiger partial charge is 0.144 e. The summed E-state index contributed by atoms with van der Waals surface area (Å²) in [4.78, 5) is 2.11. The molecule has 0 saturated carbocycles. The monoisotopic (exact) mass is 370 g/mol. The number of aliphatic hydroxyl groups is 1. The zero-order valence-corrected chi connectivity index (χ0v) is 16.4. The minimum atomic E-state index is -0.555. The molecule has 1 heterocycles. The number of aliphatic hydroxyl groups excluding tert-OH is 1. The van der Waals surface area contributed by atoms with Crippen LogP contribution in [0, 0.1) is 13.8 Å². The predicted octanol–water partition coefficient (Wildman–Crippen LogP) is 2.56. The van der Waals surface area contributed by atoms with E-state index >= 15 is 0 Å². The third kappa shape index (κ3) is 4.84. The molecule has 1 aliphatic heterocycles. The van der Waals surface area contributed by atoms with Gasteiger partial charge in [0.05, 0.1) is 12.4 Å². The van der Waals surface area contributed by atoms with Gasteiger partial charge in [-0.2, -0.15) is 0 Å². The van der Waals surface area contributed by atoms with Crippen LogP contribution in [-0.4, -0.2) is 51.2 Å². The number of rotatable bonds is 9. The molecule has 0 bridgehead atoms. The summed E-state index contributed by atoms with van der Waals surface area (Å²) in [6, 6.07) is 12.2. The van der Waals surface area contributed by atoms with Crippen molar-refractivity contribution in [1.82, 2.24) is 5.32 Å². The van der Waals surface area contributed by atoms with Crippen LogP contribution in [0.25, 0.3) is 0 Å². The van der Waals surface area contributed by atoms with Crippen LogP contribution in [0.3, 0.4) is 0 Å². The van der Waals surface area contributed by atoms with E-state index in [1.54, 1.807) is 0 Å². The number of hydrogen-bond donors (Lipinski definition) is 4. The summed E-state index contributed by atoms with van der Waals surface area (Å²) >= 11 is 0. The van der Waals surface area contributed by atoms with E-state index in [2.05, 4.69) is 52.9 Å². The molecule has 0 spiro atoms. The fourth-order valence-electron chi connectivity index (χ4n) is 3.34. The molecule has 0 aliphatic carbocycles. The average molecular weight is 370 g/mol. The molecule has 3 rings (SSSR count). The summed E-state index contributed by atoms with van der Waals surface area (Å²) in [7, 11) is 2.02. The Morgan fingerprint density at radius 1 is 1.15 bits per heavy atom. The van der Waals surface area contributed by atoms with Crippen LogP contribution < -0.4 is 25.6 Å². The maximum atomic E-state index is 10.2. The topological polar surface area (TPSA) is 68.8 Å². The highest BCUT2D eigenvalue weighted by Crippen LogP contribution is 2.38. The first-order valence-corrected chi connectivity index (χ1v) is 9.46. The van der Waals surface area contributed by atoms with Crippen LogP contribution >= 0.6 is 0 Å². The van der Waals surface area contributed by atoms with E-state index in [1.165, 1.54) is 16.8 Å². The molecule has 1 atom stereocenters. The van der Waals surface area contributed by atoms with Crippen molar-refractivity contribution in [3.63, 3.8) is 0 Å². The summed E-state index contributed by atoms with van der Waals surface area (Å²) in [6.45, 7) is 7.33. The second-order valence-electron chi connectivity index (χ2n) is 7.05. The molecular formula is C21H30N4O2. The van der Waals surface area contributed by atoms with E-state index in [-0.39, 0.29) is 6.61 Å². The lowest BCUT2D eigenvalue weighted by molar-refractivity contribution is 0.107. The molecule has 1 aliphatic rings. The predicted molar refractivity (Wildman–Crippen MR) is 112 cm³/mol. The Bertz CT molecular complexity index is 746. The number of ether oxygens (including phenoxy) is 1. The number of nitrogens with zero attached hydrogens (tertiary/aromatic N) is 1. The van der Waals surface area contributed by atoms with Crippen molar-refractivity contribution in [3.05, 3.63) is 47.5 Å². The number of anilines is 3. The van der Waals surface area contributed by atoms with Crippen LogP contribution in [0.5, 0.6) is 5.75 Å². The van der Waals surface area contributed by atoms with E-state index in [4.69, 9.17) is 4.74 Å². The Balaban J connectivity index is 1.37. The molecule has 0 saturated heterocycles. The highest BCUT2D eigenvalue weighted by Gasteiger charge is 2.20. The second kappa shape index (κ2) is 8.97. The summed E-state index contributed by atoms with van der Waals surface area (Å²) in [5, 5.41) is 20.2. The molecule has 0 amide bonds. The molecule has 27 heavy (non-hydrogen) atoms. The van der Waals surface area contributed by atoms with Gasteiger partial charge in [0.1, 0.15) is 24.1 Å². The Morgan fingerprint density at radius 2 is 1.89 bits per heavy atom. The fraction of sp³-hybridized carbons (Fsp3) is 0.429. The lowest BCUT2D eigenvalue weighted by Gasteiger charge is -2.18. The molecule has 0 fully saturated rings. The minimum absolute atomic E-state index is 0.265. The first kappa shape index (κ1) is 19.3. The van der Waals surface area contributed by atoms with Gasteiger partial charge in [-0.15, -0.1) is 0 Å². The second-order valence-corrected chi connectivity index (χ2v) is 7.05. The minimum Gasteiger partial charge on any atom is -0.489 e. The van der Waals surface area contributed by atoms with Gasteiger partial charge in [0, 0.05) is 32.4 Å². The summed E-state index contributed by atoms with van der Waals surface area (Å²) in [5.74, 6) is 0.802. The van der Waals surface area contributed by atoms with Gasteiger partial charge in [0.25, 0.3) is 0 Å². The molecule has 0 radical (unpaired) electrons. The summed E-state index contributed by atoms with van der Waals surface area (Å²) in [6.07, 6.45) is -0.555. The van der Waals surface area contributed by atoms with Crippen molar-refractivity contribution >= 4 is 17.1 Å². The van der Waals surface area contributed by atoms with Crippen molar-refractivity contribution < 1.29 is 9.84 Å². The van der Waals surface area contributed by atoms with Crippen LogP contribution in [0.15, 0.2) is 36.4 Å². The SMILES string of the molecule is Cc1cccc(C)c1NCCNCC(O)COc1cccc2c1N(C)CN2. The van der Waals surface area contributed by atoms with Crippen LogP contribution in [0.4, 0.5) is 17.1 Å². The normalized spacial score (nSPS) is 13.9. The summed E-state index contributed by atoms with van der Waals surface area (Å²) in [5.41, 5.74) is 5.81. The molecular weight excluding hydrogens is 340 g/mol. The van der Waals surface area contributed by atoms with Crippen LogP contribution in [0.2, 0.25) is 0 Å². The Kier molecular flexibility index (Phi) is 6.42. The quantitative estimate of drug-likeness (QED) is 0.509. The number of fused-ring (bicyclic) bond motifs is 1. The third-order valence-electron chi connectivity index (χ3n) is 4.78. The number of nitrogens with one attached hydrogen (secondary N) is 3. The lowest BCUT2D eigenvalue weighted by atomic mass is 10.1. The summed E-state index contributed by atoms with van der Waals surface area (Å²) < 4.78 is 5.85. The number of para-hydroxylation sites is 2. The Hall–Kier alpha value is -2.44. The van der Waals surface area contributed by atoms with Gasteiger partial charge in [0.2, 0.25) is 0 Å². The molecule has 1 unspecified atom stereocenters. The van der Waals surface area contributed by atoms with E-state index in [0.29, 0.717) is 6.54 Å². The number of aryl methyl sites for hydroxylation is 2. The zero-order chi connectivity index (χ0) is 19.2. The molecule has 146 valence electrons. The number of hydrogen-bond acceptors (Lipinski definition) is 6. The van der Waals surface area contributed by atoms with Crippen molar-refractivity contribution in [3.8, 4) is 5.75 Å². The highest BCUT2D eigenvalue weighted by atomic mass is 16.5. The maximum absolute atomic E-state index is 10.2. The third-order valence-corrected chi connectivity index (χ3v) is 4.78. The molecule has 6 nitrogen and oxygen atoms in total. The average Bonchev–Trinajstić information content (AvgIpc) is 3.03. The van der Waals surface area contributed by atoms with E-state index < -0.39 is 6.10 Å². The van der Waals surface area contributed by atoms with Crippen LogP contribution in [0.1, 0.15) is 11.1 Å². The molecule has 6 heteroatoms. The van der Waals surface area contributed by atoms with Crippen molar-refractivity contribution in [2.45, 2.75) is 20.0 Å². The van der Waals surface area contributed by atoms with Gasteiger partial charge < -0.3 is 30.7 Å². The fourth-order valence-corrected chi connectivity index (χ4v) is 3.34. The van der Waals surface area contributed by atoms with Crippen molar-refractivity contribution in [2.75, 3.05) is 55.5 Å². The molecule has 0 aromatic heterocycles.